The zero-order valence-corrected chi connectivity index (χ0v) is 12.2. The molecule has 0 saturated heterocycles. The molecule has 2 unspecified atom stereocenters. The Balaban J connectivity index is 2.30. The Labute approximate surface area is 115 Å². The predicted octanol–water partition coefficient (Wildman–Crippen LogP) is 2.82. The molecule has 0 radical (unpaired) electrons. The first-order valence-corrected chi connectivity index (χ1v) is 6.76. The summed E-state index contributed by atoms with van der Waals surface area (Å²) >= 11 is 3.46. The second-order valence-corrected chi connectivity index (χ2v) is 5.76. The van der Waals surface area contributed by atoms with E-state index < -0.39 is 6.04 Å². The molecule has 1 aromatic carbocycles. The summed E-state index contributed by atoms with van der Waals surface area (Å²) in [5, 5.41) is 2.75. The average Bonchev–Trinajstić information content (AvgIpc) is 2.56. The smallest absolute Gasteiger partial charge is 0.245 e. The largest absolute Gasteiger partial charge is 0.489 e. The lowest BCUT2D eigenvalue weighted by atomic mass is 10.1. The number of benzene rings is 1. The number of carbonyl (C=O) groups excluding carboxylic acids is 1. The van der Waals surface area contributed by atoms with Gasteiger partial charge >= 0.3 is 0 Å². The van der Waals surface area contributed by atoms with Crippen LogP contribution in [0.2, 0.25) is 0 Å². The average molecular weight is 313 g/mol. The molecule has 1 amide bonds. The first-order chi connectivity index (χ1) is 8.40. The molecular weight excluding hydrogens is 296 g/mol. The monoisotopic (exact) mass is 312 g/mol. The fraction of sp³-hybridized carbons (Fsp3) is 0.462. The standard InChI is InChI=1S/C13H17BrN2O2/c1-6(2)7(3)18-11-5-10-8(4-9(11)14)12(15)13(17)16-10/h4-7,12H,15H2,1-3H3,(H,16,17). The number of hydrogen-bond donors (Lipinski definition) is 2. The fourth-order valence-corrected chi connectivity index (χ4v) is 2.17. The summed E-state index contributed by atoms with van der Waals surface area (Å²) in [6.45, 7) is 6.22. The van der Waals surface area contributed by atoms with Gasteiger partial charge in [0.15, 0.2) is 0 Å². The highest BCUT2D eigenvalue weighted by Crippen LogP contribution is 2.38. The molecule has 3 N–H and O–H groups in total. The molecule has 0 aromatic heterocycles. The molecule has 1 aromatic rings. The summed E-state index contributed by atoms with van der Waals surface area (Å²) in [4.78, 5) is 11.5. The fourth-order valence-electron chi connectivity index (χ4n) is 1.71. The van der Waals surface area contributed by atoms with Gasteiger partial charge in [-0.2, -0.15) is 0 Å². The number of nitrogens with two attached hydrogens (primary N) is 1. The third-order valence-corrected chi connectivity index (χ3v) is 3.85. The van der Waals surface area contributed by atoms with Crippen molar-refractivity contribution in [2.24, 2.45) is 11.7 Å². The summed E-state index contributed by atoms with van der Waals surface area (Å²) in [5.41, 5.74) is 7.32. The molecule has 5 heteroatoms. The summed E-state index contributed by atoms with van der Waals surface area (Å²) < 4.78 is 6.68. The number of ether oxygens (including phenoxy) is 1. The van der Waals surface area contributed by atoms with Crippen molar-refractivity contribution in [1.29, 1.82) is 0 Å². The van der Waals surface area contributed by atoms with Gasteiger partial charge in [0.1, 0.15) is 11.8 Å². The number of nitrogens with one attached hydrogen (secondary N) is 1. The van der Waals surface area contributed by atoms with Crippen molar-refractivity contribution in [3.63, 3.8) is 0 Å². The van der Waals surface area contributed by atoms with E-state index in [0.717, 1.165) is 21.5 Å². The molecule has 0 aliphatic carbocycles. The molecule has 1 aliphatic rings. The number of carbonyl (C=O) groups is 1. The van der Waals surface area contributed by atoms with E-state index in [4.69, 9.17) is 10.5 Å². The van der Waals surface area contributed by atoms with Gasteiger partial charge in [-0.3, -0.25) is 4.79 Å². The first-order valence-electron chi connectivity index (χ1n) is 5.96. The number of amides is 1. The Morgan fingerprint density at radius 2 is 2.06 bits per heavy atom. The van der Waals surface area contributed by atoms with E-state index in [1.54, 1.807) is 0 Å². The van der Waals surface area contributed by atoms with Crippen molar-refractivity contribution in [1.82, 2.24) is 0 Å². The minimum absolute atomic E-state index is 0.102. The minimum atomic E-state index is -0.590. The van der Waals surface area contributed by atoms with Gasteiger partial charge in [-0.05, 0) is 34.8 Å². The first kappa shape index (κ1) is 13.4. The van der Waals surface area contributed by atoms with Crippen molar-refractivity contribution < 1.29 is 9.53 Å². The van der Waals surface area contributed by atoms with E-state index in [1.807, 2.05) is 19.1 Å². The van der Waals surface area contributed by atoms with Gasteiger partial charge in [0.25, 0.3) is 0 Å². The summed E-state index contributed by atoms with van der Waals surface area (Å²) in [5.74, 6) is 0.970. The molecular formula is C13H17BrN2O2. The molecule has 0 bridgehead atoms. The number of hydrogen-bond acceptors (Lipinski definition) is 3. The molecule has 4 nitrogen and oxygen atoms in total. The topological polar surface area (TPSA) is 64.3 Å². The Bertz CT molecular complexity index is 488. The number of anilines is 1. The van der Waals surface area contributed by atoms with Crippen LogP contribution in [0.4, 0.5) is 5.69 Å². The van der Waals surface area contributed by atoms with Crippen LogP contribution in [-0.4, -0.2) is 12.0 Å². The van der Waals surface area contributed by atoms with E-state index in [2.05, 4.69) is 35.1 Å². The van der Waals surface area contributed by atoms with Gasteiger partial charge in [0.05, 0.1) is 10.6 Å². The highest BCUT2D eigenvalue weighted by Gasteiger charge is 2.28. The quantitative estimate of drug-likeness (QED) is 0.902. The van der Waals surface area contributed by atoms with Crippen LogP contribution >= 0.6 is 15.9 Å². The molecule has 1 aliphatic heterocycles. The maximum Gasteiger partial charge on any atom is 0.245 e. The Morgan fingerprint density at radius 3 is 2.67 bits per heavy atom. The second kappa shape index (κ2) is 4.90. The third-order valence-electron chi connectivity index (χ3n) is 3.23. The molecule has 18 heavy (non-hydrogen) atoms. The summed E-state index contributed by atoms with van der Waals surface area (Å²) in [7, 11) is 0. The maximum absolute atomic E-state index is 11.5. The molecule has 0 spiro atoms. The van der Waals surface area contributed by atoms with Crippen LogP contribution in [0.1, 0.15) is 32.4 Å². The van der Waals surface area contributed by atoms with Crippen LogP contribution in [0.25, 0.3) is 0 Å². The van der Waals surface area contributed by atoms with E-state index >= 15 is 0 Å². The normalized spacial score (nSPS) is 19.7. The SMILES string of the molecule is CC(C)C(C)Oc1cc2c(cc1Br)C(N)C(=O)N2. The lowest BCUT2D eigenvalue weighted by molar-refractivity contribution is -0.116. The van der Waals surface area contributed by atoms with Gasteiger partial charge < -0.3 is 15.8 Å². The lowest BCUT2D eigenvalue weighted by Gasteiger charge is -2.19. The minimum Gasteiger partial charge on any atom is -0.489 e. The zero-order chi connectivity index (χ0) is 13.4. The number of halogens is 1. The molecule has 98 valence electrons. The second-order valence-electron chi connectivity index (χ2n) is 4.90. The Hall–Kier alpha value is -1.07. The van der Waals surface area contributed by atoms with Gasteiger partial charge in [-0.15, -0.1) is 0 Å². The van der Waals surface area contributed by atoms with E-state index in [-0.39, 0.29) is 12.0 Å². The highest BCUT2D eigenvalue weighted by molar-refractivity contribution is 9.10. The van der Waals surface area contributed by atoms with Crippen molar-refractivity contribution in [2.45, 2.75) is 32.9 Å². The van der Waals surface area contributed by atoms with E-state index in [0.29, 0.717) is 5.92 Å². The lowest BCUT2D eigenvalue weighted by Crippen LogP contribution is -2.19. The van der Waals surface area contributed by atoms with Gasteiger partial charge in [-0.25, -0.2) is 0 Å². The van der Waals surface area contributed by atoms with Gasteiger partial charge in [0, 0.05) is 17.3 Å². The van der Waals surface area contributed by atoms with Crippen molar-refractivity contribution in [2.75, 3.05) is 5.32 Å². The van der Waals surface area contributed by atoms with Crippen LogP contribution in [-0.2, 0) is 4.79 Å². The van der Waals surface area contributed by atoms with Crippen LogP contribution in [0, 0.1) is 5.92 Å². The van der Waals surface area contributed by atoms with Crippen LogP contribution in [0.5, 0.6) is 5.75 Å². The predicted molar refractivity (Wildman–Crippen MR) is 74.6 cm³/mol. The van der Waals surface area contributed by atoms with Crippen molar-refractivity contribution in [3.05, 3.63) is 22.2 Å². The van der Waals surface area contributed by atoms with Gasteiger partial charge in [-0.1, -0.05) is 13.8 Å². The van der Waals surface area contributed by atoms with Gasteiger partial charge in [0.2, 0.25) is 5.91 Å². The molecule has 2 atom stereocenters. The van der Waals surface area contributed by atoms with Crippen LogP contribution in [0.3, 0.4) is 0 Å². The molecule has 0 fully saturated rings. The van der Waals surface area contributed by atoms with Crippen LogP contribution in [0.15, 0.2) is 16.6 Å². The zero-order valence-electron chi connectivity index (χ0n) is 10.7. The summed E-state index contributed by atoms with van der Waals surface area (Å²) in [6, 6.07) is 3.08. The molecule has 0 saturated carbocycles. The molecule has 1 heterocycles. The Morgan fingerprint density at radius 1 is 1.39 bits per heavy atom. The Kier molecular flexibility index (Phi) is 3.64. The third kappa shape index (κ3) is 2.37. The number of fused-ring (bicyclic) bond motifs is 1. The van der Waals surface area contributed by atoms with Crippen molar-refractivity contribution >= 4 is 27.5 Å². The highest BCUT2D eigenvalue weighted by atomic mass is 79.9. The molecule has 2 rings (SSSR count). The van der Waals surface area contributed by atoms with E-state index in [1.165, 1.54) is 0 Å². The maximum atomic E-state index is 11.5. The number of rotatable bonds is 3. The van der Waals surface area contributed by atoms with E-state index in [9.17, 15) is 4.79 Å². The van der Waals surface area contributed by atoms with Crippen molar-refractivity contribution in [3.8, 4) is 5.75 Å². The summed E-state index contributed by atoms with van der Waals surface area (Å²) in [6.07, 6.45) is 0.102. The van der Waals surface area contributed by atoms with Crippen LogP contribution < -0.4 is 15.8 Å².